The van der Waals surface area contributed by atoms with Crippen molar-refractivity contribution in [2.24, 2.45) is 0 Å². The van der Waals surface area contributed by atoms with E-state index in [-0.39, 0.29) is 21.3 Å². The summed E-state index contributed by atoms with van der Waals surface area (Å²) in [6.07, 6.45) is 2.44. The van der Waals surface area contributed by atoms with E-state index in [1.54, 1.807) is 11.6 Å². The molecule has 0 unspecified atom stereocenters. The molecule has 0 spiro atoms. The van der Waals surface area contributed by atoms with Gasteiger partial charge in [0.05, 0.1) is 22.6 Å². The molecule has 0 fully saturated rings. The van der Waals surface area contributed by atoms with Crippen LogP contribution in [0.1, 0.15) is 20.8 Å². The minimum atomic E-state index is -3.77. The maximum absolute atomic E-state index is 12.5. The summed E-state index contributed by atoms with van der Waals surface area (Å²) < 4.78 is 28.2. The van der Waals surface area contributed by atoms with E-state index in [4.69, 9.17) is 0 Å². The number of nitrogens with zero attached hydrogens (tertiary/aromatic N) is 2. The quantitative estimate of drug-likeness (QED) is 0.329. The lowest BCUT2D eigenvalue weighted by atomic mass is 10.2. The highest BCUT2D eigenvalue weighted by molar-refractivity contribution is 7.90. The van der Waals surface area contributed by atoms with Crippen LogP contribution in [0.2, 0.25) is 0 Å². The van der Waals surface area contributed by atoms with Gasteiger partial charge in [0.25, 0.3) is 11.6 Å². The summed E-state index contributed by atoms with van der Waals surface area (Å²) >= 11 is 1.09. The minimum Gasteiger partial charge on any atom is -0.464 e. The molecule has 30 heavy (non-hydrogen) atoms. The predicted octanol–water partition coefficient (Wildman–Crippen LogP) is 2.49. The molecule has 0 radical (unpaired) electrons. The number of non-ortho nitro benzene ring substituents is 1. The number of esters is 1. The average Bonchev–Trinajstić information content (AvgIpc) is 3.35. The number of amides is 1. The number of thiazole rings is 1. The Morgan fingerprint density at radius 3 is 2.63 bits per heavy atom. The normalized spacial score (nSPS) is 11.1. The second kappa shape index (κ2) is 8.04. The SMILES string of the molecule is COC(=O)c1cc(-c2csc(NC(=O)c3cc([N+](=O)[O-])cc(S(C)(=O)=O)c3)n2)c[nH]1. The van der Waals surface area contributed by atoms with Crippen LogP contribution in [0.5, 0.6) is 0 Å². The number of carbonyl (C=O) groups is 2. The summed E-state index contributed by atoms with van der Waals surface area (Å²) in [5.74, 6) is -1.30. The van der Waals surface area contributed by atoms with Crippen LogP contribution in [-0.4, -0.2) is 48.6 Å². The standard InChI is InChI=1S/C17H14N4O7S2/c1-28-16(23)13-5-10(7-18-13)14-8-29-17(19-14)20-15(22)9-3-11(21(24)25)6-12(4-9)30(2,26)27/h3-8,18H,1-2H3,(H,19,20,22). The van der Waals surface area contributed by atoms with E-state index in [9.17, 15) is 28.1 Å². The molecule has 0 saturated heterocycles. The number of hydrogen-bond donors (Lipinski definition) is 2. The van der Waals surface area contributed by atoms with Gasteiger partial charge in [0.15, 0.2) is 15.0 Å². The van der Waals surface area contributed by atoms with E-state index in [1.165, 1.54) is 13.2 Å². The average molecular weight is 450 g/mol. The highest BCUT2D eigenvalue weighted by Gasteiger charge is 2.20. The molecule has 156 valence electrons. The molecule has 3 rings (SSSR count). The lowest BCUT2D eigenvalue weighted by molar-refractivity contribution is -0.385. The molecule has 0 bridgehead atoms. The van der Waals surface area contributed by atoms with Crippen LogP contribution in [0.3, 0.4) is 0 Å². The number of aromatic amines is 1. The highest BCUT2D eigenvalue weighted by atomic mass is 32.2. The van der Waals surface area contributed by atoms with Crippen molar-refractivity contribution in [3.05, 3.63) is 57.2 Å². The number of hydrogen-bond acceptors (Lipinski definition) is 9. The summed E-state index contributed by atoms with van der Waals surface area (Å²) in [6.45, 7) is 0. The second-order valence-electron chi connectivity index (χ2n) is 6.03. The van der Waals surface area contributed by atoms with Crippen molar-refractivity contribution in [1.29, 1.82) is 0 Å². The van der Waals surface area contributed by atoms with Crippen LogP contribution < -0.4 is 5.32 Å². The van der Waals surface area contributed by atoms with Gasteiger partial charge in [-0.2, -0.15) is 0 Å². The molecule has 0 aliphatic rings. The maximum atomic E-state index is 12.5. The van der Waals surface area contributed by atoms with E-state index in [2.05, 4.69) is 20.0 Å². The number of ether oxygens (including phenoxy) is 1. The van der Waals surface area contributed by atoms with E-state index >= 15 is 0 Å². The summed E-state index contributed by atoms with van der Waals surface area (Å²) in [4.78, 5) is 41.0. The zero-order chi connectivity index (χ0) is 22.1. The minimum absolute atomic E-state index is 0.184. The first-order valence-electron chi connectivity index (χ1n) is 8.12. The summed E-state index contributed by atoms with van der Waals surface area (Å²) in [5.41, 5.74) is 0.567. The molecule has 1 amide bonds. The maximum Gasteiger partial charge on any atom is 0.354 e. The lowest BCUT2D eigenvalue weighted by Crippen LogP contribution is -2.13. The first-order valence-corrected chi connectivity index (χ1v) is 10.9. The number of nitro benzene ring substituents is 1. The first kappa shape index (κ1) is 21.1. The monoisotopic (exact) mass is 450 g/mol. The van der Waals surface area contributed by atoms with Crippen molar-refractivity contribution >= 4 is 43.9 Å². The van der Waals surface area contributed by atoms with Crippen LogP contribution in [0, 0.1) is 10.1 Å². The van der Waals surface area contributed by atoms with Crippen molar-refractivity contribution in [3.63, 3.8) is 0 Å². The molecule has 2 N–H and O–H groups in total. The van der Waals surface area contributed by atoms with Gasteiger partial charge in [-0.05, 0) is 12.1 Å². The van der Waals surface area contributed by atoms with Crippen molar-refractivity contribution in [3.8, 4) is 11.3 Å². The molecule has 2 heterocycles. The third-order valence-electron chi connectivity index (χ3n) is 3.90. The number of methoxy groups -OCH3 is 1. The van der Waals surface area contributed by atoms with Gasteiger partial charge < -0.3 is 9.72 Å². The van der Waals surface area contributed by atoms with Crippen molar-refractivity contribution in [1.82, 2.24) is 9.97 Å². The van der Waals surface area contributed by atoms with Gasteiger partial charge in [-0.25, -0.2) is 18.2 Å². The molecule has 0 aliphatic carbocycles. The molecular formula is C17H14N4O7S2. The number of aromatic nitrogens is 2. The number of nitro groups is 1. The molecular weight excluding hydrogens is 436 g/mol. The van der Waals surface area contributed by atoms with E-state index in [0.29, 0.717) is 11.3 Å². The Bertz CT molecular complexity index is 1260. The summed E-state index contributed by atoms with van der Waals surface area (Å²) in [6, 6.07) is 4.46. The van der Waals surface area contributed by atoms with Crippen molar-refractivity contribution < 1.29 is 27.7 Å². The second-order valence-corrected chi connectivity index (χ2v) is 8.90. The van der Waals surface area contributed by atoms with Gasteiger partial charge in [0.1, 0.15) is 5.69 Å². The van der Waals surface area contributed by atoms with Gasteiger partial charge >= 0.3 is 5.97 Å². The Balaban J connectivity index is 1.85. The lowest BCUT2D eigenvalue weighted by Gasteiger charge is -2.05. The molecule has 0 aliphatic heterocycles. The molecule has 13 heteroatoms. The summed E-state index contributed by atoms with van der Waals surface area (Å²) in [7, 11) is -2.51. The molecule has 0 saturated carbocycles. The van der Waals surface area contributed by atoms with Crippen LogP contribution in [-0.2, 0) is 14.6 Å². The number of nitrogens with one attached hydrogen (secondary N) is 2. The van der Waals surface area contributed by atoms with Crippen LogP contribution in [0.4, 0.5) is 10.8 Å². The molecule has 1 aromatic carbocycles. The number of sulfone groups is 1. The van der Waals surface area contributed by atoms with Crippen LogP contribution >= 0.6 is 11.3 Å². The first-order chi connectivity index (χ1) is 14.1. The van der Waals surface area contributed by atoms with E-state index in [1.807, 2.05) is 0 Å². The third-order valence-corrected chi connectivity index (χ3v) is 5.75. The van der Waals surface area contributed by atoms with Gasteiger partial charge in [0.2, 0.25) is 0 Å². The number of rotatable bonds is 6. The Labute approximate surface area is 173 Å². The topological polar surface area (TPSA) is 161 Å². The zero-order valence-corrected chi connectivity index (χ0v) is 17.2. The number of benzene rings is 1. The largest absolute Gasteiger partial charge is 0.464 e. The predicted molar refractivity (Wildman–Crippen MR) is 107 cm³/mol. The zero-order valence-electron chi connectivity index (χ0n) is 15.5. The fraction of sp³-hybridized carbons (Fsp3) is 0.118. The summed E-state index contributed by atoms with van der Waals surface area (Å²) in [5, 5.41) is 15.4. The van der Waals surface area contributed by atoms with Crippen molar-refractivity contribution in [2.75, 3.05) is 18.7 Å². The Hall–Kier alpha value is -3.58. The fourth-order valence-corrected chi connectivity index (χ4v) is 3.83. The highest BCUT2D eigenvalue weighted by Crippen LogP contribution is 2.27. The Morgan fingerprint density at radius 2 is 2.00 bits per heavy atom. The number of anilines is 1. The fourth-order valence-electron chi connectivity index (χ4n) is 2.44. The van der Waals surface area contributed by atoms with Gasteiger partial charge in [-0.3, -0.25) is 20.2 Å². The van der Waals surface area contributed by atoms with Gasteiger partial charge in [-0.1, -0.05) is 0 Å². The Morgan fingerprint density at radius 1 is 1.27 bits per heavy atom. The molecule has 0 atom stereocenters. The number of H-pyrrole nitrogens is 1. The number of carbonyl (C=O) groups excluding carboxylic acids is 2. The van der Waals surface area contributed by atoms with Crippen LogP contribution in [0.25, 0.3) is 11.3 Å². The van der Waals surface area contributed by atoms with E-state index in [0.717, 1.165) is 35.8 Å². The third kappa shape index (κ3) is 4.52. The van der Waals surface area contributed by atoms with Gasteiger partial charge in [-0.15, -0.1) is 11.3 Å². The van der Waals surface area contributed by atoms with Gasteiger partial charge in [0, 0.05) is 41.1 Å². The molecule has 3 aromatic rings. The molecule has 11 nitrogen and oxygen atoms in total. The van der Waals surface area contributed by atoms with E-state index < -0.39 is 32.3 Å². The molecule has 2 aromatic heterocycles. The Kier molecular flexibility index (Phi) is 5.67. The van der Waals surface area contributed by atoms with Crippen LogP contribution in [0.15, 0.2) is 40.7 Å². The smallest absolute Gasteiger partial charge is 0.354 e. The van der Waals surface area contributed by atoms with Crippen molar-refractivity contribution in [2.45, 2.75) is 4.90 Å².